The molecule has 0 radical (unpaired) electrons. The van der Waals surface area contributed by atoms with E-state index >= 15 is 0 Å². The lowest BCUT2D eigenvalue weighted by molar-refractivity contribution is 0.132. The van der Waals surface area contributed by atoms with Gasteiger partial charge in [0.05, 0.1) is 6.21 Å². The van der Waals surface area contributed by atoms with Crippen molar-refractivity contribution in [2.45, 2.75) is 6.61 Å². The van der Waals surface area contributed by atoms with Gasteiger partial charge in [-0.05, 0) is 22.8 Å². The van der Waals surface area contributed by atoms with Crippen molar-refractivity contribution >= 4 is 12.3 Å². The lowest BCUT2D eigenvalue weighted by atomic mass is 10.1. The minimum atomic E-state index is 0.463. The molecule has 0 aliphatic rings. The van der Waals surface area contributed by atoms with Crippen molar-refractivity contribution in [1.82, 2.24) is 0 Å². The van der Waals surface area contributed by atoms with Gasteiger partial charge in [0.25, 0.3) is 0 Å². The highest BCUT2D eigenvalue weighted by molar-refractivity contribution is 5.78. The molecule has 2 nitrogen and oxygen atoms in total. The summed E-state index contributed by atoms with van der Waals surface area (Å²) in [5.41, 5.74) is 3.19. The maximum atomic E-state index is 5.26. The molecule has 0 fully saturated rings. The fourth-order valence-corrected chi connectivity index (χ4v) is 1.56. The summed E-state index contributed by atoms with van der Waals surface area (Å²) >= 11 is 0. The molecule has 0 unspecified atom stereocenters. The number of oxime groups is 1. The third-order valence-electron chi connectivity index (χ3n) is 2.49. The van der Waals surface area contributed by atoms with Gasteiger partial charge in [0.15, 0.2) is 0 Å². The molecule has 0 atom stereocenters. The number of rotatable bonds is 5. The second-order valence-electron chi connectivity index (χ2n) is 3.87. The van der Waals surface area contributed by atoms with Crippen molar-refractivity contribution in [3.63, 3.8) is 0 Å². The van der Waals surface area contributed by atoms with Gasteiger partial charge < -0.3 is 4.84 Å². The average molecular weight is 237 g/mol. The summed E-state index contributed by atoms with van der Waals surface area (Å²) in [5, 5.41) is 3.94. The Kier molecular flexibility index (Phi) is 4.31. The molecule has 0 heterocycles. The summed E-state index contributed by atoms with van der Waals surface area (Å²) < 4.78 is 0. The minimum Gasteiger partial charge on any atom is -0.391 e. The van der Waals surface area contributed by atoms with Gasteiger partial charge in [0.1, 0.15) is 6.61 Å². The van der Waals surface area contributed by atoms with Gasteiger partial charge in [0.2, 0.25) is 0 Å². The van der Waals surface area contributed by atoms with Crippen LogP contribution in [-0.2, 0) is 11.4 Å². The Bertz CT molecular complexity index is 532. The maximum absolute atomic E-state index is 5.26. The quantitative estimate of drug-likeness (QED) is 0.571. The van der Waals surface area contributed by atoms with E-state index in [2.05, 4.69) is 11.7 Å². The van der Waals surface area contributed by atoms with Gasteiger partial charge in [-0.2, -0.15) is 0 Å². The van der Waals surface area contributed by atoms with Crippen LogP contribution in [0.4, 0.5) is 0 Å². The van der Waals surface area contributed by atoms with E-state index in [0.717, 1.165) is 16.7 Å². The Morgan fingerprint density at radius 3 is 2.56 bits per heavy atom. The van der Waals surface area contributed by atoms with Gasteiger partial charge in [-0.1, -0.05) is 66.3 Å². The predicted molar refractivity (Wildman–Crippen MR) is 75.4 cm³/mol. The summed E-state index contributed by atoms with van der Waals surface area (Å²) in [7, 11) is 0. The molecule has 0 saturated carbocycles. The third kappa shape index (κ3) is 3.59. The monoisotopic (exact) mass is 237 g/mol. The maximum Gasteiger partial charge on any atom is 0.142 e. The van der Waals surface area contributed by atoms with E-state index in [9.17, 15) is 0 Å². The molecule has 2 aromatic rings. The lowest BCUT2D eigenvalue weighted by Crippen LogP contribution is -1.88. The Balaban J connectivity index is 1.88. The van der Waals surface area contributed by atoms with Crippen molar-refractivity contribution in [3.05, 3.63) is 77.9 Å². The highest BCUT2D eigenvalue weighted by atomic mass is 16.6. The zero-order valence-corrected chi connectivity index (χ0v) is 10.1. The molecule has 18 heavy (non-hydrogen) atoms. The van der Waals surface area contributed by atoms with Gasteiger partial charge in [-0.25, -0.2) is 0 Å². The van der Waals surface area contributed by atoms with Crippen LogP contribution in [0.5, 0.6) is 0 Å². The summed E-state index contributed by atoms with van der Waals surface area (Å²) in [5.74, 6) is 0. The number of benzene rings is 2. The number of hydrogen-bond acceptors (Lipinski definition) is 2. The SMILES string of the molecule is C=Cc1cccc(CON=Cc2ccccc2)c1. The standard InChI is InChI=1S/C16H15NO/c1-2-14-9-6-10-16(11-14)13-18-17-12-15-7-4-3-5-8-15/h2-12H,1,13H2. The summed E-state index contributed by atoms with van der Waals surface area (Å²) in [6, 6.07) is 17.9. The van der Waals surface area contributed by atoms with Crippen molar-refractivity contribution < 1.29 is 4.84 Å². The molecule has 0 aliphatic carbocycles. The van der Waals surface area contributed by atoms with E-state index in [1.54, 1.807) is 6.21 Å². The molecule has 0 amide bonds. The van der Waals surface area contributed by atoms with Crippen LogP contribution < -0.4 is 0 Å². The molecule has 0 spiro atoms. The van der Waals surface area contributed by atoms with Crippen LogP contribution in [0.25, 0.3) is 6.08 Å². The summed E-state index contributed by atoms with van der Waals surface area (Å²) in [6.07, 6.45) is 3.52. The predicted octanol–water partition coefficient (Wildman–Crippen LogP) is 3.88. The first-order chi connectivity index (χ1) is 8.88. The second-order valence-corrected chi connectivity index (χ2v) is 3.87. The molecule has 90 valence electrons. The molecule has 0 N–H and O–H groups in total. The van der Waals surface area contributed by atoms with E-state index in [-0.39, 0.29) is 0 Å². The van der Waals surface area contributed by atoms with Crippen LogP contribution in [-0.4, -0.2) is 6.21 Å². The first kappa shape index (κ1) is 12.1. The summed E-state index contributed by atoms with van der Waals surface area (Å²) in [6.45, 7) is 4.20. The molecule has 0 aliphatic heterocycles. The Hall–Kier alpha value is -2.35. The molecule has 2 rings (SSSR count). The largest absolute Gasteiger partial charge is 0.391 e. The van der Waals surface area contributed by atoms with Gasteiger partial charge >= 0.3 is 0 Å². The number of hydrogen-bond donors (Lipinski definition) is 0. The van der Waals surface area contributed by atoms with Crippen LogP contribution >= 0.6 is 0 Å². The molecule has 2 heteroatoms. The van der Waals surface area contributed by atoms with Gasteiger partial charge in [-0.3, -0.25) is 0 Å². The van der Waals surface area contributed by atoms with E-state index in [1.807, 2.05) is 60.7 Å². The topological polar surface area (TPSA) is 21.6 Å². The molecule has 2 aromatic carbocycles. The lowest BCUT2D eigenvalue weighted by Gasteiger charge is -2.01. The molecular weight excluding hydrogens is 222 g/mol. The van der Waals surface area contributed by atoms with Crippen molar-refractivity contribution in [2.24, 2.45) is 5.16 Å². The van der Waals surface area contributed by atoms with E-state index < -0.39 is 0 Å². The Morgan fingerprint density at radius 2 is 1.78 bits per heavy atom. The fraction of sp³-hybridized carbons (Fsp3) is 0.0625. The molecular formula is C16H15NO. The third-order valence-corrected chi connectivity index (χ3v) is 2.49. The van der Waals surface area contributed by atoms with Crippen molar-refractivity contribution in [3.8, 4) is 0 Å². The van der Waals surface area contributed by atoms with E-state index in [1.165, 1.54) is 0 Å². The van der Waals surface area contributed by atoms with Crippen LogP contribution in [0.15, 0.2) is 66.3 Å². The van der Waals surface area contributed by atoms with Crippen LogP contribution in [0.3, 0.4) is 0 Å². The van der Waals surface area contributed by atoms with Gasteiger partial charge in [-0.15, -0.1) is 0 Å². The molecule has 0 aromatic heterocycles. The van der Waals surface area contributed by atoms with Gasteiger partial charge in [0, 0.05) is 0 Å². The van der Waals surface area contributed by atoms with Crippen LogP contribution in [0.1, 0.15) is 16.7 Å². The Labute approximate surface area is 107 Å². The average Bonchev–Trinajstić information content (AvgIpc) is 2.45. The highest BCUT2D eigenvalue weighted by Crippen LogP contribution is 2.07. The van der Waals surface area contributed by atoms with E-state index in [0.29, 0.717) is 6.61 Å². The van der Waals surface area contributed by atoms with Crippen molar-refractivity contribution in [1.29, 1.82) is 0 Å². The molecule has 0 bridgehead atoms. The van der Waals surface area contributed by atoms with E-state index in [4.69, 9.17) is 4.84 Å². The zero-order chi connectivity index (χ0) is 12.6. The summed E-state index contributed by atoms with van der Waals surface area (Å²) in [4.78, 5) is 5.26. The minimum absolute atomic E-state index is 0.463. The fourth-order valence-electron chi connectivity index (χ4n) is 1.56. The first-order valence-electron chi connectivity index (χ1n) is 5.80. The number of nitrogens with zero attached hydrogens (tertiary/aromatic N) is 1. The van der Waals surface area contributed by atoms with Crippen LogP contribution in [0, 0.1) is 0 Å². The smallest absolute Gasteiger partial charge is 0.142 e. The highest BCUT2D eigenvalue weighted by Gasteiger charge is 1.93. The normalized spacial score (nSPS) is 10.4. The second kappa shape index (κ2) is 6.40. The first-order valence-corrected chi connectivity index (χ1v) is 5.80. The zero-order valence-electron chi connectivity index (χ0n) is 10.1. The van der Waals surface area contributed by atoms with Crippen molar-refractivity contribution in [2.75, 3.05) is 0 Å². The van der Waals surface area contributed by atoms with Crippen LogP contribution in [0.2, 0.25) is 0 Å². The Morgan fingerprint density at radius 1 is 1.00 bits per heavy atom. The molecule has 0 saturated heterocycles.